The summed E-state index contributed by atoms with van der Waals surface area (Å²) in [5.41, 5.74) is 2.83. The van der Waals surface area contributed by atoms with E-state index in [-0.39, 0.29) is 0 Å². The number of halogens is 1. The van der Waals surface area contributed by atoms with Crippen LogP contribution in [-0.4, -0.2) is 101 Å². The molecule has 4 N–H and O–H groups in total. The number of rotatable bonds is 9. The number of hydrogen-bond donors (Lipinski definition) is 4. The molecular formula is C30H35ClN2O9S. The minimum Gasteiger partial charge on any atom is -0.478 e. The van der Waals surface area contributed by atoms with Crippen LogP contribution in [0.5, 0.6) is 0 Å². The van der Waals surface area contributed by atoms with Gasteiger partial charge in [-0.2, -0.15) is 0 Å². The molecule has 4 rings (SSSR count). The van der Waals surface area contributed by atoms with Crippen molar-refractivity contribution in [3.8, 4) is 0 Å². The quantitative estimate of drug-likeness (QED) is 0.230. The molecule has 11 nitrogen and oxygen atoms in total. The van der Waals surface area contributed by atoms with Crippen molar-refractivity contribution in [3.05, 3.63) is 82.9 Å². The van der Waals surface area contributed by atoms with Crippen molar-refractivity contribution in [2.45, 2.75) is 28.7 Å². The van der Waals surface area contributed by atoms with Crippen LogP contribution < -0.4 is 0 Å². The van der Waals surface area contributed by atoms with E-state index in [1.165, 1.54) is 20.9 Å². The molecule has 0 saturated carbocycles. The number of carbonyl (C=O) groups is 4. The third kappa shape index (κ3) is 13.4. The van der Waals surface area contributed by atoms with Gasteiger partial charge in [0.05, 0.1) is 0 Å². The maximum absolute atomic E-state index is 9.55. The first-order valence-electron chi connectivity index (χ1n) is 13.3. The number of carboxylic acid groups (broad SMARTS) is 4. The average Bonchev–Trinajstić information content (AvgIpc) is 3.13. The molecule has 0 radical (unpaired) electrons. The zero-order chi connectivity index (χ0) is 31.8. The molecule has 0 aromatic heterocycles. The van der Waals surface area contributed by atoms with Crippen LogP contribution in [0, 0.1) is 0 Å². The number of nitrogens with zero attached hydrogens (tertiary/aromatic N) is 2. The lowest BCUT2D eigenvalue weighted by molar-refractivity contribution is -0.134. The number of ether oxygens (including phenoxy) is 1. The number of carboxylic acids is 4. The van der Waals surface area contributed by atoms with E-state index < -0.39 is 23.9 Å². The van der Waals surface area contributed by atoms with Crippen LogP contribution in [0.25, 0.3) is 0 Å². The maximum Gasteiger partial charge on any atom is 0.328 e. The fourth-order valence-corrected chi connectivity index (χ4v) is 5.72. The first-order chi connectivity index (χ1) is 20.5. The molecule has 2 aromatic rings. The number of piperazine rings is 1. The molecule has 2 aromatic carbocycles. The van der Waals surface area contributed by atoms with Crippen LogP contribution in [0.1, 0.15) is 23.6 Å². The van der Waals surface area contributed by atoms with Crippen LogP contribution >= 0.6 is 23.4 Å². The van der Waals surface area contributed by atoms with E-state index in [1.807, 2.05) is 17.8 Å². The highest BCUT2D eigenvalue weighted by molar-refractivity contribution is 7.99. The molecule has 1 saturated heterocycles. The fourth-order valence-electron chi connectivity index (χ4n) is 4.42. The van der Waals surface area contributed by atoms with Crippen molar-refractivity contribution in [3.63, 3.8) is 0 Å². The average molecular weight is 635 g/mol. The van der Waals surface area contributed by atoms with Crippen LogP contribution in [0.4, 0.5) is 0 Å². The topological polar surface area (TPSA) is 165 Å². The van der Waals surface area contributed by atoms with E-state index in [1.54, 1.807) is 7.11 Å². The molecule has 0 amide bonds. The summed E-state index contributed by atoms with van der Waals surface area (Å²) in [4.78, 5) is 46.2. The molecule has 0 bridgehead atoms. The fraction of sp³-hybridized carbons (Fsp3) is 0.333. The summed E-state index contributed by atoms with van der Waals surface area (Å²) < 4.78 is 5.19. The number of fused-ring (bicyclic) bond motifs is 2. The standard InChI is InChI=1S/C22H27ClN2OS.2C4H4O4/c1-26-14-4-9-24-10-12-25(13-11-24)20-15-17-5-2-3-6-21(17)27-22-8-7-18(23)16-19(20)22;2*5-3(6)1-2-4(7)8/h2-3,5-8,16,20H,4,9-15H2,1H3;2*1-2H,(H,5,6)(H,7,8)/b;2*2-1-. The predicted octanol–water partition coefficient (Wildman–Crippen LogP) is 4.17. The predicted molar refractivity (Wildman–Crippen MR) is 162 cm³/mol. The van der Waals surface area contributed by atoms with Gasteiger partial charge in [-0.15, -0.1) is 0 Å². The second kappa shape index (κ2) is 18.8. The van der Waals surface area contributed by atoms with E-state index in [0.29, 0.717) is 30.3 Å². The molecule has 1 atom stereocenters. The van der Waals surface area contributed by atoms with Gasteiger partial charge >= 0.3 is 23.9 Å². The highest BCUT2D eigenvalue weighted by Crippen LogP contribution is 2.43. The van der Waals surface area contributed by atoms with E-state index in [0.717, 1.165) is 57.2 Å². The Labute approximate surface area is 259 Å². The number of benzene rings is 2. The zero-order valence-corrected chi connectivity index (χ0v) is 25.2. The van der Waals surface area contributed by atoms with Gasteiger partial charge in [0.15, 0.2) is 0 Å². The molecule has 0 spiro atoms. The molecule has 2 aliphatic rings. The van der Waals surface area contributed by atoms with Gasteiger partial charge in [0.25, 0.3) is 0 Å². The Bertz CT molecular complexity index is 1240. The molecule has 2 heterocycles. The second-order valence-corrected chi connectivity index (χ2v) is 10.9. The Kier molecular flexibility index (Phi) is 15.5. The molecule has 2 aliphatic heterocycles. The normalized spacial score (nSPS) is 16.6. The van der Waals surface area contributed by atoms with Gasteiger partial charge in [-0.1, -0.05) is 41.6 Å². The molecule has 232 valence electrons. The van der Waals surface area contributed by atoms with Gasteiger partial charge in [-0.25, -0.2) is 19.2 Å². The van der Waals surface area contributed by atoms with Gasteiger partial charge in [-0.05, 0) is 48.2 Å². The van der Waals surface area contributed by atoms with Crippen LogP contribution in [0.2, 0.25) is 5.02 Å². The van der Waals surface area contributed by atoms with Crippen molar-refractivity contribution in [2.75, 3.05) is 46.4 Å². The van der Waals surface area contributed by atoms with E-state index in [2.05, 4.69) is 46.2 Å². The number of methoxy groups -OCH3 is 1. The highest BCUT2D eigenvalue weighted by atomic mass is 35.5. The monoisotopic (exact) mass is 634 g/mol. The molecule has 1 unspecified atom stereocenters. The Morgan fingerprint density at radius 3 is 1.95 bits per heavy atom. The van der Waals surface area contributed by atoms with Crippen molar-refractivity contribution in [1.29, 1.82) is 0 Å². The largest absolute Gasteiger partial charge is 0.478 e. The lowest BCUT2D eigenvalue weighted by Gasteiger charge is -2.39. The molecular weight excluding hydrogens is 600 g/mol. The molecule has 1 fully saturated rings. The second-order valence-electron chi connectivity index (χ2n) is 9.36. The minimum absolute atomic E-state index is 0.399. The van der Waals surface area contributed by atoms with Crippen LogP contribution in [0.3, 0.4) is 0 Å². The van der Waals surface area contributed by atoms with Crippen molar-refractivity contribution in [1.82, 2.24) is 9.80 Å². The minimum atomic E-state index is -1.26. The zero-order valence-electron chi connectivity index (χ0n) is 23.6. The van der Waals surface area contributed by atoms with E-state index in [4.69, 9.17) is 36.8 Å². The van der Waals surface area contributed by atoms with Crippen LogP contribution in [0.15, 0.2) is 76.6 Å². The smallest absolute Gasteiger partial charge is 0.328 e. The third-order valence-corrected chi connectivity index (χ3v) is 7.79. The first-order valence-corrected chi connectivity index (χ1v) is 14.5. The van der Waals surface area contributed by atoms with Crippen molar-refractivity contribution >= 4 is 47.2 Å². The van der Waals surface area contributed by atoms with Crippen molar-refractivity contribution < 1.29 is 44.3 Å². The summed E-state index contributed by atoms with van der Waals surface area (Å²) in [6, 6.07) is 15.6. The van der Waals surface area contributed by atoms with Crippen LogP contribution in [-0.2, 0) is 30.3 Å². The number of hydrogen-bond acceptors (Lipinski definition) is 8. The maximum atomic E-state index is 9.55. The van der Waals surface area contributed by atoms with Gasteiger partial charge in [0, 0.05) is 91.6 Å². The lowest BCUT2D eigenvalue weighted by Crippen LogP contribution is -2.48. The Balaban J connectivity index is 0.000000334. The van der Waals surface area contributed by atoms with Gasteiger partial charge < -0.3 is 30.1 Å². The molecule has 0 aliphatic carbocycles. The summed E-state index contributed by atoms with van der Waals surface area (Å²) in [6.07, 6.45) is 4.40. The third-order valence-electron chi connectivity index (χ3n) is 6.34. The SMILES string of the molecule is COCCCN1CCN(C2Cc3ccccc3Sc3ccc(Cl)cc32)CC1.O=C(O)/C=C\C(=O)O.O=C(O)/C=C\C(=O)O. The van der Waals surface area contributed by atoms with Gasteiger partial charge in [0.2, 0.25) is 0 Å². The van der Waals surface area contributed by atoms with Gasteiger partial charge in [0.1, 0.15) is 0 Å². The highest BCUT2D eigenvalue weighted by Gasteiger charge is 2.30. The van der Waals surface area contributed by atoms with Gasteiger partial charge in [-0.3, -0.25) is 4.90 Å². The van der Waals surface area contributed by atoms with Crippen molar-refractivity contribution in [2.24, 2.45) is 0 Å². The summed E-state index contributed by atoms with van der Waals surface area (Å²) >= 11 is 8.28. The molecule has 43 heavy (non-hydrogen) atoms. The molecule has 13 heteroatoms. The van der Waals surface area contributed by atoms with E-state index >= 15 is 0 Å². The summed E-state index contributed by atoms with van der Waals surface area (Å²) in [7, 11) is 1.78. The first kappa shape index (κ1) is 35.5. The van der Waals surface area contributed by atoms with E-state index in [9.17, 15) is 19.2 Å². The summed E-state index contributed by atoms with van der Waals surface area (Å²) in [6.45, 7) is 6.46. The Morgan fingerprint density at radius 1 is 0.860 bits per heavy atom. The summed E-state index contributed by atoms with van der Waals surface area (Å²) in [5.74, 6) is -5.03. The lowest BCUT2D eigenvalue weighted by atomic mass is 9.96. The summed E-state index contributed by atoms with van der Waals surface area (Å²) in [5, 5.41) is 32.1. The Hall–Kier alpha value is -3.68. The Morgan fingerprint density at radius 2 is 1.42 bits per heavy atom. The number of aliphatic carboxylic acids is 4.